The average Bonchev–Trinajstić information content (AvgIpc) is 2.89. The van der Waals surface area contributed by atoms with Gasteiger partial charge in [-0.25, -0.2) is 4.98 Å². The third-order valence-corrected chi connectivity index (χ3v) is 4.61. The van der Waals surface area contributed by atoms with Crippen molar-refractivity contribution in [1.82, 2.24) is 10.3 Å². The summed E-state index contributed by atoms with van der Waals surface area (Å²) in [6.45, 7) is 6.20. The quantitative estimate of drug-likeness (QED) is 0.644. The van der Waals surface area contributed by atoms with Crippen molar-refractivity contribution in [3.8, 4) is 0 Å². The zero-order chi connectivity index (χ0) is 16.9. The van der Waals surface area contributed by atoms with Gasteiger partial charge in [0.2, 0.25) is 0 Å². The minimum Gasteiger partial charge on any atom is -0.368 e. The number of aromatic nitrogens is 1. The van der Waals surface area contributed by atoms with Crippen LogP contribution in [0.2, 0.25) is 0 Å². The molecule has 1 unspecified atom stereocenters. The summed E-state index contributed by atoms with van der Waals surface area (Å²) in [6, 6.07) is 13.2. The molecule has 0 saturated carbocycles. The molecule has 1 aliphatic rings. The lowest BCUT2D eigenvalue weighted by Crippen LogP contribution is -2.34. The normalized spacial score (nSPS) is 15.9. The maximum absolute atomic E-state index is 5.33. The van der Waals surface area contributed by atoms with Crippen LogP contribution in [-0.4, -0.2) is 29.2 Å². The molecular weight excluding hydrogens is 316 g/mol. The average molecular weight is 340 g/mol. The number of fused-ring (bicyclic) bond motifs is 1. The highest BCUT2D eigenvalue weighted by Crippen LogP contribution is 2.31. The van der Waals surface area contributed by atoms with Gasteiger partial charge in [-0.1, -0.05) is 24.3 Å². The van der Waals surface area contributed by atoms with Gasteiger partial charge in [-0.2, -0.15) is 0 Å². The van der Waals surface area contributed by atoms with E-state index in [4.69, 9.17) is 12.2 Å². The van der Waals surface area contributed by atoms with Crippen LogP contribution in [0.25, 0.3) is 0 Å². The minimum atomic E-state index is 0.573. The molecule has 1 aromatic heterocycles. The fourth-order valence-corrected chi connectivity index (χ4v) is 3.33. The largest absolute Gasteiger partial charge is 0.368 e. The predicted octanol–water partition coefficient (Wildman–Crippen LogP) is 3.52. The monoisotopic (exact) mass is 340 g/mol. The van der Waals surface area contributed by atoms with Crippen LogP contribution in [0.3, 0.4) is 0 Å². The van der Waals surface area contributed by atoms with E-state index in [2.05, 4.69) is 51.7 Å². The summed E-state index contributed by atoms with van der Waals surface area (Å²) >= 11 is 5.33. The lowest BCUT2D eigenvalue weighted by Gasteiger charge is -2.25. The van der Waals surface area contributed by atoms with Gasteiger partial charge < -0.3 is 15.5 Å². The standard InChI is InChI=1S/C19H24N4S/c1-14-8-9-18(21-13-14)22-19(24)20-10-5-11-23-15(2)12-16-6-3-4-7-17(16)23/h3-4,6-9,13,15H,5,10-12H2,1-2H3,(H2,20,21,22,24). The van der Waals surface area contributed by atoms with Crippen molar-refractivity contribution >= 4 is 28.8 Å². The summed E-state index contributed by atoms with van der Waals surface area (Å²) in [5, 5.41) is 7.01. The predicted molar refractivity (Wildman–Crippen MR) is 105 cm³/mol. The Hall–Kier alpha value is -2.14. The number of benzene rings is 1. The van der Waals surface area contributed by atoms with Gasteiger partial charge in [-0.15, -0.1) is 0 Å². The molecule has 0 saturated heterocycles. The van der Waals surface area contributed by atoms with Crippen LogP contribution >= 0.6 is 12.2 Å². The third kappa shape index (κ3) is 4.03. The van der Waals surface area contributed by atoms with E-state index < -0.39 is 0 Å². The van der Waals surface area contributed by atoms with Crippen molar-refractivity contribution in [1.29, 1.82) is 0 Å². The van der Waals surface area contributed by atoms with Gasteiger partial charge in [0, 0.05) is 31.0 Å². The molecule has 0 fully saturated rings. The van der Waals surface area contributed by atoms with Gasteiger partial charge in [-0.3, -0.25) is 0 Å². The summed E-state index contributed by atoms with van der Waals surface area (Å²) in [5.74, 6) is 0.778. The lowest BCUT2D eigenvalue weighted by molar-refractivity contribution is 0.641. The summed E-state index contributed by atoms with van der Waals surface area (Å²) in [5.41, 5.74) is 3.98. The maximum Gasteiger partial charge on any atom is 0.171 e. The first-order valence-corrected chi connectivity index (χ1v) is 8.86. The van der Waals surface area contributed by atoms with Gasteiger partial charge in [0.15, 0.2) is 5.11 Å². The van der Waals surface area contributed by atoms with Crippen LogP contribution in [-0.2, 0) is 6.42 Å². The number of anilines is 2. The van der Waals surface area contributed by atoms with E-state index in [1.165, 1.54) is 11.3 Å². The smallest absolute Gasteiger partial charge is 0.171 e. The van der Waals surface area contributed by atoms with E-state index in [9.17, 15) is 0 Å². The first kappa shape index (κ1) is 16.7. The van der Waals surface area contributed by atoms with Gasteiger partial charge in [0.1, 0.15) is 5.82 Å². The number of aryl methyl sites for hydroxylation is 1. The number of rotatable bonds is 5. The van der Waals surface area contributed by atoms with Crippen molar-refractivity contribution in [3.05, 3.63) is 53.7 Å². The Kier molecular flexibility index (Phi) is 5.30. The molecule has 5 heteroatoms. The summed E-state index contributed by atoms with van der Waals surface area (Å²) in [4.78, 5) is 6.79. The first-order chi connectivity index (χ1) is 11.6. The van der Waals surface area contributed by atoms with E-state index in [0.29, 0.717) is 11.2 Å². The summed E-state index contributed by atoms with van der Waals surface area (Å²) in [7, 11) is 0. The highest BCUT2D eigenvalue weighted by molar-refractivity contribution is 7.80. The number of thiocarbonyl (C=S) groups is 1. The molecule has 24 heavy (non-hydrogen) atoms. The number of nitrogens with one attached hydrogen (secondary N) is 2. The Bertz CT molecular complexity index is 699. The number of nitrogens with zero attached hydrogens (tertiary/aromatic N) is 2. The van der Waals surface area contributed by atoms with Crippen LogP contribution < -0.4 is 15.5 Å². The zero-order valence-corrected chi connectivity index (χ0v) is 15.1. The van der Waals surface area contributed by atoms with Crippen molar-refractivity contribution in [2.75, 3.05) is 23.3 Å². The molecule has 126 valence electrons. The van der Waals surface area contributed by atoms with Crippen LogP contribution in [0.4, 0.5) is 11.5 Å². The molecule has 1 atom stereocenters. The van der Waals surface area contributed by atoms with Gasteiger partial charge in [0.05, 0.1) is 0 Å². The maximum atomic E-state index is 5.33. The molecule has 2 aromatic rings. The van der Waals surface area contributed by atoms with Crippen LogP contribution in [0.1, 0.15) is 24.5 Å². The zero-order valence-electron chi connectivity index (χ0n) is 14.2. The van der Waals surface area contributed by atoms with Gasteiger partial charge in [0.25, 0.3) is 0 Å². The van der Waals surface area contributed by atoms with Gasteiger partial charge >= 0.3 is 0 Å². The number of hydrogen-bond donors (Lipinski definition) is 2. The lowest BCUT2D eigenvalue weighted by atomic mass is 10.1. The fourth-order valence-electron chi connectivity index (χ4n) is 3.12. The summed E-state index contributed by atoms with van der Waals surface area (Å²) < 4.78 is 0. The van der Waals surface area contributed by atoms with Crippen molar-refractivity contribution < 1.29 is 0 Å². The molecule has 0 bridgehead atoms. The molecule has 3 rings (SSSR count). The van der Waals surface area contributed by atoms with E-state index >= 15 is 0 Å². The second kappa shape index (κ2) is 7.62. The Morgan fingerprint density at radius 1 is 1.29 bits per heavy atom. The Morgan fingerprint density at radius 2 is 2.12 bits per heavy atom. The molecule has 0 amide bonds. The Balaban J connectivity index is 1.42. The number of para-hydroxylation sites is 1. The topological polar surface area (TPSA) is 40.2 Å². The molecule has 4 nitrogen and oxygen atoms in total. The van der Waals surface area contributed by atoms with Crippen LogP contribution in [0.5, 0.6) is 0 Å². The molecular formula is C19H24N4S. The summed E-state index contributed by atoms with van der Waals surface area (Å²) in [6.07, 6.45) is 4.02. The Morgan fingerprint density at radius 3 is 2.92 bits per heavy atom. The van der Waals surface area contributed by atoms with E-state index in [1.54, 1.807) is 0 Å². The SMILES string of the molecule is Cc1ccc(NC(=S)NCCCN2c3ccccc3CC2C)nc1. The van der Waals surface area contributed by atoms with E-state index in [1.807, 2.05) is 25.3 Å². The minimum absolute atomic E-state index is 0.573. The Labute approximate surface area is 149 Å². The third-order valence-electron chi connectivity index (χ3n) is 4.36. The highest BCUT2D eigenvalue weighted by atomic mass is 32.1. The van der Waals surface area contributed by atoms with E-state index in [-0.39, 0.29) is 0 Å². The van der Waals surface area contributed by atoms with Crippen molar-refractivity contribution in [2.45, 2.75) is 32.7 Å². The molecule has 2 heterocycles. The second-order valence-corrected chi connectivity index (χ2v) is 6.74. The first-order valence-electron chi connectivity index (χ1n) is 8.45. The van der Waals surface area contributed by atoms with Crippen molar-refractivity contribution in [3.63, 3.8) is 0 Å². The fraction of sp³-hybridized carbons (Fsp3) is 0.368. The molecule has 0 radical (unpaired) electrons. The highest BCUT2D eigenvalue weighted by Gasteiger charge is 2.24. The molecule has 0 spiro atoms. The van der Waals surface area contributed by atoms with Crippen LogP contribution in [0.15, 0.2) is 42.6 Å². The number of hydrogen-bond acceptors (Lipinski definition) is 3. The van der Waals surface area contributed by atoms with Crippen LogP contribution in [0, 0.1) is 6.92 Å². The van der Waals surface area contributed by atoms with E-state index in [0.717, 1.165) is 37.3 Å². The molecule has 0 aliphatic carbocycles. The van der Waals surface area contributed by atoms with Crippen molar-refractivity contribution in [2.24, 2.45) is 0 Å². The number of pyridine rings is 1. The second-order valence-electron chi connectivity index (χ2n) is 6.33. The molecule has 2 N–H and O–H groups in total. The van der Waals surface area contributed by atoms with Gasteiger partial charge in [-0.05, 0) is 62.2 Å². The molecule has 1 aromatic carbocycles. The molecule has 1 aliphatic heterocycles.